The zero-order valence-electron chi connectivity index (χ0n) is 10.2. The molecule has 2 rings (SSSR count). The van der Waals surface area contributed by atoms with Crippen LogP contribution in [0.5, 0.6) is 0 Å². The number of benzene rings is 1. The molecule has 0 radical (unpaired) electrons. The molecule has 1 heterocycles. The van der Waals surface area contributed by atoms with E-state index in [9.17, 15) is 0 Å². The van der Waals surface area contributed by atoms with Gasteiger partial charge in [0.25, 0.3) is 0 Å². The van der Waals surface area contributed by atoms with Gasteiger partial charge >= 0.3 is 0 Å². The van der Waals surface area contributed by atoms with E-state index in [0.29, 0.717) is 6.04 Å². The molecular formula is C13H19BrN2O. The van der Waals surface area contributed by atoms with Crippen LogP contribution in [-0.4, -0.2) is 31.2 Å². The Morgan fingerprint density at radius 2 is 2.12 bits per heavy atom. The molecule has 1 aromatic rings. The zero-order chi connectivity index (χ0) is 12.3. The van der Waals surface area contributed by atoms with Crippen molar-refractivity contribution in [3.63, 3.8) is 0 Å². The molecule has 4 heteroatoms. The molecule has 0 aliphatic carbocycles. The number of hydrogen-bond acceptors (Lipinski definition) is 3. The van der Waals surface area contributed by atoms with Crippen molar-refractivity contribution in [3.8, 4) is 0 Å². The third-order valence-corrected chi connectivity index (χ3v) is 4.31. The Morgan fingerprint density at radius 3 is 2.82 bits per heavy atom. The molecule has 0 unspecified atom stereocenters. The Hall–Kier alpha value is -0.580. The molecule has 0 atom stereocenters. The van der Waals surface area contributed by atoms with Crippen LogP contribution in [0.15, 0.2) is 22.7 Å². The number of ether oxygens (including phenoxy) is 1. The van der Waals surface area contributed by atoms with E-state index in [4.69, 9.17) is 10.5 Å². The second kappa shape index (κ2) is 5.85. The summed E-state index contributed by atoms with van der Waals surface area (Å²) < 4.78 is 6.41. The standard InChI is InChI=1S/C13H19BrN2O/c1-16(11-5-7-17-8-6-11)9-10-3-2-4-12(15)13(10)14/h2-4,11H,5-9,15H2,1H3. The van der Waals surface area contributed by atoms with Gasteiger partial charge in [-0.3, -0.25) is 4.90 Å². The van der Waals surface area contributed by atoms with Crippen LogP contribution < -0.4 is 5.73 Å². The summed E-state index contributed by atoms with van der Waals surface area (Å²) in [4.78, 5) is 2.39. The molecule has 1 aliphatic heterocycles. The van der Waals surface area contributed by atoms with E-state index in [-0.39, 0.29) is 0 Å². The van der Waals surface area contributed by atoms with Gasteiger partial charge in [0, 0.05) is 36.0 Å². The maximum atomic E-state index is 5.89. The number of rotatable bonds is 3. The van der Waals surface area contributed by atoms with Crippen LogP contribution in [0.25, 0.3) is 0 Å². The van der Waals surface area contributed by atoms with Crippen LogP contribution in [0.2, 0.25) is 0 Å². The van der Waals surface area contributed by atoms with E-state index < -0.39 is 0 Å². The van der Waals surface area contributed by atoms with Gasteiger partial charge in [-0.15, -0.1) is 0 Å². The molecule has 0 bridgehead atoms. The predicted octanol–water partition coefficient (Wildman–Crippen LogP) is 2.64. The Labute approximate surface area is 111 Å². The van der Waals surface area contributed by atoms with Gasteiger partial charge in [-0.05, 0) is 47.4 Å². The van der Waals surface area contributed by atoms with Crippen molar-refractivity contribution in [2.24, 2.45) is 0 Å². The van der Waals surface area contributed by atoms with Crippen LogP contribution in [0, 0.1) is 0 Å². The minimum atomic E-state index is 0.622. The molecule has 0 aromatic heterocycles. The molecule has 1 saturated heterocycles. The topological polar surface area (TPSA) is 38.5 Å². The van der Waals surface area contributed by atoms with E-state index in [0.717, 1.165) is 42.8 Å². The molecule has 17 heavy (non-hydrogen) atoms. The summed E-state index contributed by atoms with van der Waals surface area (Å²) in [6, 6.07) is 6.67. The molecule has 94 valence electrons. The van der Waals surface area contributed by atoms with Crippen molar-refractivity contribution in [2.45, 2.75) is 25.4 Å². The van der Waals surface area contributed by atoms with E-state index >= 15 is 0 Å². The molecule has 0 saturated carbocycles. The number of nitrogen functional groups attached to an aromatic ring is 1. The summed E-state index contributed by atoms with van der Waals surface area (Å²) in [5.41, 5.74) is 7.95. The van der Waals surface area contributed by atoms with Crippen LogP contribution in [0.4, 0.5) is 5.69 Å². The molecule has 0 amide bonds. The highest BCUT2D eigenvalue weighted by molar-refractivity contribution is 9.10. The fraction of sp³-hybridized carbons (Fsp3) is 0.538. The van der Waals surface area contributed by atoms with Crippen LogP contribution in [0.3, 0.4) is 0 Å². The maximum absolute atomic E-state index is 5.89. The summed E-state index contributed by atoms with van der Waals surface area (Å²) in [6.07, 6.45) is 2.24. The SMILES string of the molecule is CN(Cc1cccc(N)c1Br)C1CCOCC1. The van der Waals surface area contributed by atoms with Crippen LogP contribution in [0.1, 0.15) is 18.4 Å². The van der Waals surface area contributed by atoms with Crippen molar-refractivity contribution < 1.29 is 4.74 Å². The molecule has 1 aromatic carbocycles. The number of nitrogens with zero attached hydrogens (tertiary/aromatic N) is 1. The molecule has 0 spiro atoms. The van der Waals surface area contributed by atoms with Gasteiger partial charge in [-0.1, -0.05) is 12.1 Å². The molecule has 2 N–H and O–H groups in total. The Morgan fingerprint density at radius 1 is 1.41 bits per heavy atom. The van der Waals surface area contributed by atoms with Crippen molar-refractivity contribution in [1.82, 2.24) is 4.90 Å². The summed E-state index contributed by atoms with van der Waals surface area (Å²) in [5, 5.41) is 0. The number of nitrogens with two attached hydrogens (primary N) is 1. The number of hydrogen-bond donors (Lipinski definition) is 1. The highest BCUT2D eigenvalue weighted by Crippen LogP contribution is 2.26. The first-order valence-corrected chi connectivity index (χ1v) is 6.78. The Balaban J connectivity index is 2.01. The third kappa shape index (κ3) is 3.21. The van der Waals surface area contributed by atoms with Gasteiger partial charge in [0.15, 0.2) is 0 Å². The van der Waals surface area contributed by atoms with Gasteiger partial charge in [-0.2, -0.15) is 0 Å². The zero-order valence-corrected chi connectivity index (χ0v) is 11.7. The highest BCUT2D eigenvalue weighted by Gasteiger charge is 2.19. The van der Waals surface area contributed by atoms with Gasteiger partial charge < -0.3 is 10.5 Å². The average Bonchev–Trinajstić information content (AvgIpc) is 2.36. The van der Waals surface area contributed by atoms with Crippen molar-refractivity contribution in [3.05, 3.63) is 28.2 Å². The van der Waals surface area contributed by atoms with Crippen LogP contribution in [-0.2, 0) is 11.3 Å². The van der Waals surface area contributed by atoms with Crippen molar-refractivity contribution >= 4 is 21.6 Å². The summed E-state index contributed by atoms with van der Waals surface area (Å²) in [7, 11) is 2.17. The van der Waals surface area contributed by atoms with Gasteiger partial charge in [-0.25, -0.2) is 0 Å². The largest absolute Gasteiger partial charge is 0.398 e. The second-order valence-electron chi connectivity index (χ2n) is 4.58. The smallest absolute Gasteiger partial charge is 0.0480 e. The lowest BCUT2D eigenvalue weighted by molar-refractivity contribution is 0.0406. The molecule has 1 aliphatic rings. The van der Waals surface area contributed by atoms with E-state index in [1.54, 1.807) is 0 Å². The second-order valence-corrected chi connectivity index (χ2v) is 5.37. The van der Waals surface area contributed by atoms with Gasteiger partial charge in [0.05, 0.1) is 0 Å². The van der Waals surface area contributed by atoms with Gasteiger partial charge in [0.2, 0.25) is 0 Å². The van der Waals surface area contributed by atoms with Gasteiger partial charge in [0.1, 0.15) is 0 Å². The number of anilines is 1. The lowest BCUT2D eigenvalue weighted by Crippen LogP contribution is -2.36. The number of halogens is 1. The first-order chi connectivity index (χ1) is 8.18. The summed E-state index contributed by atoms with van der Waals surface area (Å²) in [6.45, 7) is 2.69. The summed E-state index contributed by atoms with van der Waals surface area (Å²) >= 11 is 3.56. The first-order valence-electron chi connectivity index (χ1n) is 5.99. The Kier molecular flexibility index (Phi) is 4.42. The van der Waals surface area contributed by atoms with Crippen LogP contribution >= 0.6 is 15.9 Å². The quantitative estimate of drug-likeness (QED) is 0.872. The minimum Gasteiger partial charge on any atom is -0.398 e. The minimum absolute atomic E-state index is 0.622. The first kappa shape index (κ1) is 12.9. The third-order valence-electron chi connectivity index (χ3n) is 3.34. The van der Waals surface area contributed by atoms with E-state index in [1.165, 1.54) is 5.56 Å². The monoisotopic (exact) mass is 298 g/mol. The molecule has 1 fully saturated rings. The lowest BCUT2D eigenvalue weighted by Gasteiger charge is -2.31. The summed E-state index contributed by atoms with van der Waals surface area (Å²) in [5.74, 6) is 0. The average molecular weight is 299 g/mol. The maximum Gasteiger partial charge on any atom is 0.0480 e. The fourth-order valence-electron chi connectivity index (χ4n) is 2.25. The molecular weight excluding hydrogens is 280 g/mol. The van der Waals surface area contributed by atoms with E-state index in [2.05, 4.69) is 33.9 Å². The van der Waals surface area contributed by atoms with E-state index in [1.807, 2.05) is 12.1 Å². The highest BCUT2D eigenvalue weighted by atomic mass is 79.9. The van der Waals surface area contributed by atoms with Crippen molar-refractivity contribution in [1.29, 1.82) is 0 Å². The van der Waals surface area contributed by atoms with Crippen molar-refractivity contribution in [2.75, 3.05) is 26.0 Å². The lowest BCUT2D eigenvalue weighted by atomic mass is 10.1. The normalized spacial score (nSPS) is 17.6. The fourth-order valence-corrected chi connectivity index (χ4v) is 2.64. The predicted molar refractivity (Wildman–Crippen MR) is 73.9 cm³/mol. The molecule has 3 nitrogen and oxygen atoms in total. The Bertz CT molecular complexity index is 378.